The number of hydrogen-bond acceptors (Lipinski definition) is 6. The Hall–Kier alpha value is -4.10. The molecule has 1 aliphatic heterocycles. The maximum Gasteiger partial charge on any atom is 0.295 e. The van der Waals surface area contributed by atoms with Crippen LogP contribution >= 0.6 is 0 Å². The Morgan fingerprint density at radius 2 is 1.62 bits per heavy atom. The Kier molecular flexibility index (Phi) is 9.04. The normalized spacial score (nSPS) is 16.6. The maximum atomic E-state index is 13.2. The van der Waals surface area contributed by atoms with E-state index in [-0.39, 0.29) is 11.3 Å². The Labute approximate surface area is 230 Å². The van der Waals surface area contributed by atoms with Gasteiger partial charge in [0.15, 0.2) is 0 Å². The highest BCUT2D eigenvalue weighted by atomic mass is 16.5. The van der Waals surface area contributed by atoms with E-state index in [0.29, 0.717) is 43.4 Å². The van der Waals surface area contributed by atoms with Crippen LogP contribution in [0.5, 0.6) is 11.5 Å². The van der Waals surface area contributed by atoms with Gasteiger partial charge < -0.3 is 24.4 Å². The number of aryl methyl sites for hydroxylation is 1. The lowest BCUT2D eigenvalue weighted by Crippen LogP contribution is -2.35. The van der Waals surface area contributed by atoms with Crippen LogP contribution in [0, 0.1) is 6.92 Å². The fraction of sp³-hybridized carbons (Fsp3) is 0.312. The molecule has 1 unspecified atom stereocenters. The van der Waals surface area contributed by atoms with E-state index < -0.39 is 17.7 Å². The molecule has 1 amide bonds. The first-order chi connectivity index (χ1) is 18.8. The van der Waals surface area contributed by atoms with Crippen molar-refractivity contribution in [1.82, 2.24) is 9.80 Å². The van der Waals surface area contributed by atoms with Crippen LogP contribution in [0.15, 0.2) is 78.4 Å². The highest BCUT2D eigenvalue weighted by Crippen LogP contribution is 2.40. The second-order valence-electron chi connectivity index (χ2n) is 10.0. The number of ketones is 1. The van der Waals surface area contributed by atoms with E-state index in [1.807, 2.05) is 75.3 Å². The van der Waals surface area contributed by atoms with E-state index in [1.54, 1.807) is 24.3 Å². The molecule has 7 nitrogen and oxygen atoms in total. The van der Waals surface area contributed by atoms with Crippen molar-refractivity contribution in [2.24, 2.45) is 0 Å². The minimum atomic E-state index is -0.706. The van der Waals surface area contributed by atoms with Gasteiger partial charge in [-0.15, -0.1) is 0 Å². The summed E-state index contributed by atoms with van der Waals surface area (Å²) in [5, 5.41) is 11.3. The van der Waals surface area contributed by atoms with Crippen molar-refractivity contribution < 1.29 is 24.2 Å². The Morgan fingerprint density at radius 3 is 2.26 bits per heavy atom. The van der Waals surface area contributed by atoms with Gasteiger partial charge in [0.1, 0.15) is 23.9 Å². The largest absolute Gasteiger partial charge is 0.507 e. The highest BCUT2D eigenvalue weighted by molar-refractivity contribution is 6.46. The highest BCUT2D eigenvalue weighted by Gasteiger charge is 2.45. The molecule has 39 heavy (non-hydrogen) atoms. The molecule has 1 N–H and O–H groups in total. The van der Waals surface area contributed by atoms with Gasteiger partial charge in [-0.3, -0.25) is 9.59 Å². The summed E-state index contributed by atoms with van der Waals surface area (Å²) in [7, 11) is 3.82. The summed E-state index contributed by atoms with van der Waals surface area (Å²) in [6, 6.07) is 21.7. The summed E-state index contributed by atoms with van der Waals surface area (Å²) in [4.78, 5) is 29.9. The van der Waals surface area contributed by atoms with Gasteiger partial charge in [-0.2, -0.15) is 0 Å². The fourth-order valence-corrected chi connectivity index (χ4v) is 4.56. The van der Waals surface area contributed by atoms with Crippen LogP contribution in [0.4, 0.5) is 0 Å². The molecule has 0 aromatic heterocycles. The van der Waals surface area contributed by atoms with E-state index in [0.717, 1.165) is 23.1 Å². The number of rotatable bonds is 11. The van der Waals surface area contributed by atoms with Crippen LogP contribution in [0.25, 0.3) is 5.76 Å². The average Bonchev–Trinajstić information content (AvgIpc) is 3.19. The van der Waals surface area contributed by atoms with E-state index in [2.05, 4.69) is 6.07 Å². The molecule has 3 aromatic rings. The number of hydrogen-bond donors (Lipinski definition) is 1. The maximum absolute atomic E-state index is 13.2. The number of benzene rings is 3. The number of aliphatic hydroxyl groups is 1. The number of carbonyl (C=O) groups is 2. The first-order valence-electron chi connectivity index (χ1n) is 13.2. The molecule has 0 aliphatic carbocycles. The smallest absolute Gasteiger partial charge is 0.295 e. The molecule has 0 spiro atoms. The molecule has 1 saturated heterocycles. The number of amides is 1. The van der Waals surface area contributed by atoms with Crippen molar-refractivity contribution in [3.05, 3.63) is 101 Å². The zero-order chi connectivity index (χ0) is 27.9. The van der Waals surface area contributed by atoms with E-state index in [4.69, 9.17) is 9.47 Å². The van der Waals surface area contributed by atoms with Crippen molar-refractivity contribution in [2.45, 2.75) is 32.9 Å². The van der Waals surface area contributed by atoms with Gasteiger partial charge in [0, 0.05) is 18.7 Å². The first kappa shape index (κ1) is 27.9. The van der Waals surface area contributed by atoms with Gasteiger partial charge in [0.05, 0.1) is 18.2 Å². The molecular weight excluding hydrogens is 492 g/mol. The number of likely N-dealkylation sites (N-methyl/N-ethyl adjacent to an activating group) is 1. The van der Waals surface area contributed by atoms with Gasteiger partial charge in [0.2, 0.25) is 0 Å². The number of nitrogens with zero attached hydrogens (tertiary/aromatic N) is 2. The van der Waals surface area contributed by atoms with Gasteiger partial charge in [-0.1, -0.05) is 48.9 Å². The lowest BCUT2D eigenvalue weighted by Gasteiger charge is -2.26. The lowest BCUT2D eigenvalue weighted by molar-refractivity contribution is -0.140. The van der Waals surface area contributed by atoms with Crippen molar-refractivity contribution in [1.29, 1.82) is 0 Å². The van der Waals surface area contributed by atoms with Gasteiger partial charge in [-0.05, 0) is 75.0 Å². The van der Waals surface area contributed by atoms with Crippen LogP contribution < -0.4 is 9.47 Å². The molecule has 0 radical (unpaired) electrons. The molecular formula is C32H36N2O5. The second-order valence-corrected chi connectivity index (χ2v) is 10.0. The fourth-order valence-electron chi connectivity index (χ4n) is 4.56. The summed E-state index contributed by atoms with van der Waals surface area (Å²) in [5.74, 6) is -0.164. The van der Waals surface area contributed by atoms with Crippen molar-refractivity contribution in [3.63, 3.8) is 0 Å². The quantitative estimate of drug-likeness (QED) is 0.205. The first-order valence-corrected chi connectivity index (χ1v) is 13.2. The third kappa shape index (κ3) is 6.67. The Morgan fingerprint density at radius 1 is 0.949 bits per heavy atom. The Balaban J connectivity index is 1.63. The van der Waals surface area contributed by atoms with Gasteiger partial charge in [0.25, 0.3) is 11.7 Å². The summed E-state index contributed by atoms with van der Waals surface area (Å²) in [6.45, 7) is 6.02. The number of likely N-dealkylation sites (tertiary alicyclic amines) is 1. The summed E-state index contributed by atoms with van der Waals surface area (Å²) in [6.07, 6.45) is 0.891. The third-order valence-corrected chi connectivity index (χ3v) is 6.61. The van der Waals surface area contributed by atoms with E-state index >= 15 is 0 Å². The van der Waals surface area contributed by atoms with Crippen molar-refractivity contribution >= 4 is 17.4 Å². The zero-order valence-corrected chi connectivity index (χ0v) is 23.0. The molecule has 1 heterocycles. The molecule has 1 atom stereocenters. The molecule has 204 valence electrons. The molecule has 0 saturated carbocycles. The van der Waals surface area contributed by atoms with Crippen molar-refractivity contribution in [2.75, 3.05) is 33.8 Å². The van der Waals surface area contributed by atoms with Gasteiger partial charge in [-0.25, -0.2) is 0 Å². The summed E-state index contributed by atoms with van der Waals surface area (Å²) in [5.41, 5.74) is 3.48. The summed E-state index contributed by atoms with van der Waals surface area (Å²) >= 11 is 0. The Bertz CT molecular complexity index is 1330. The minimum absolute atomic E-state index is 0.0782. The molecule has 4 rings (SSSR count). The number of aliphatic hydroxyl groups excluding tert-OH is 1. The number of ether oxygens (including phenoxy) is 2. The standard InChI is InChI=1S/C32H36N2O5/c1-5-19-38-26-13-9-24(10-14-26)29-28(31(36)32(37)34(29)18-17-33(3)4)30(35)25-11-15-27(16-12-25)39-21-23-8-6-7-22(2)20-23/h6-16,20,29,35H,5,17-19,21H2,1-4H3. The zero-order valence-electron chi connectivity index (χ0n) is 23.0. The molecule has 0 bridgehead atoms. The molecule has 3 aromatic carbocycles. The van der Waals surface area contributed by atoms with Crippen LogP contribution in [0.3, 0.4) is 0 Å². The monoisotopic (exact) mass is 528 g/mol. The average molecular weight is 529 g/mol. The number of carbonyl (C=O) groups excluding carboxylic acids is 2. The number of Topliss-reactive ketones (excluding diaryl/α,β-unsaturated/α-hetero) is 1. The van der Waals surface area contributed by atoms with E-state index in [1.165, 1.54) is 4.90 Å². The van der Waals surface area contributed by atoms with Crippen LogP contribution in [-0.4, -0.2) is 60.4 Å². The van der Waals surface area contributed by atoms with E-state index in [9.17, 15) is 14.7 Å². The second kappa shape index (κ2) is 12.6. The van der Waals surface area contributed by atoms with Crippen molar-refractivity contribution in [3.8, 4) is 11.5 Å². The SMILES string of the molecule is CCCOc1ccc(C2C(=C(O)c3ccc(OCc4cccc(C)c4)cc3)C(=O)C(=O)N2CCN(C)C)cc1. The molecule has 1 fully saturated rings. The van der Waals surface area contributed by atoms with Crippen LogP contribution in [0.1, 0.15) is 41.6 Å². The molecule has 7 heteroatoms. The lowest BCUT2D eigenvalue weighted by atomic mass is 9.95. The van der Waals surface area contributed by atoms with Crippen LogP contribution in [-0.2, 0) is 16.2 Å². The predicted molar refractivity (Wildman–Crippen MR) is 152 cm³/mol. The third-order valence-electron chi connectivity index (χ3n) is 6.61. The predicted octanol–water partition coefficient (Wildman–Crippen LogP) is 5.35. The topological polar surface area (TPSA) is 79.3 Å². The van der Waals surface area contributed by atoms with Gasteiger partial charge >= 0.3 is 0 Å². The molecule has 1 aliphatic rings. The minimum Gasteiger partial charge on any atom is -0.507 e. The summed E-state index contributed by atoms with van der Waals surface area (Å²) < 4.78 is 11.6. The van der Waals surface area contributed by atoms with Crippen LogP contribution in [0.2, 0.25) is 0 Å².